The van der Waals surface area contributed by atoms with Crippen LogP contribution in [-0.4, -0.2) is 47.2 Å². The van der Waals surface area contributed by atoms with Crippen molar-refractivity contribution in [2.24, 2.45) is 7.05 Å². The van der Waals surface area contributed by atoms with Gasteiger partial charge in [-0.1, -0.05) is 0 Å². The molecule has 3 aromatic rings. The Labute approximate surface area is 143 Å². The molecule has 0 saturated carbocycles. The Balaban J connectivity index is 0.000000701. The number of imidazole rings is 1. The van der Waals surface area contributed by atoms with Crippen molar-refractivity contribution in [3.05, 3.63) is 40.5 Å². The maximum atomic E-state index is 11.9. The van der Waals surface area contributed by atoms with E-state index in [1.165, 1.54) is 0 Å². The van der Waals surface area contributed by atoms with Crippen molar-refractivity contribution in [2.45, 2.75) is 20.4 Å². The van der Waals surface area contributed by atoms with Crippen LogP contribution in [0.1, 0.15) is 11.4 Å². The third-order valence-electron chi connectivity index (χ3n) is 3.45. The highest BCUT2D eigenvalue weighted by Crippen LogP contribution is 2.09. The van der Waals surface area contributed by atoms with Gasteiger partial charge in [-0.3, -0.25) is 9.36 Å². The second-order valence-electron chi connectivity index (χ2n) is 5.26. The summed E-state index contributed by atoms with van der Waals surface area (Å²) in [6.45, 7) is 4.49. The molecule has 0 aromatic carbocycles. The Bertz CT molecular complexity index is 933. The smallest absolute Gasteiger partial charge is 0.348 e. The van der Waals surface area contributed by atoms with Gasteiger partial charge in [0.1, 0.15) is 5.52 Å². The minimum absolute atomic E-state index is 0.236. The minimum Gasteiger partial charge on any atom is -0.483 e. The van der Waals surface area contributed by atoms with Gasteiger partial charge in [-0.15, -0.1) is 0 Å². The number of aromatic nitrogens is 6. The Morgan fingerprint density at radius 2 is 2.00 bits per heavy atom. The second-order valence-corrected chi connectivity index (χ2v) is 5.26. The first-order valence-electron chi connectivity index (χ1n) is 7.47. The van der Waals surface area contributed by atoms with Crippen LogP contribution in [0.25, 0.3) is 11.2 Å². The SMILES string of the molecule is Cc1cc(C)n(CCNc2ncc3c(ncn3C)n2)c(=O)n1.O=CO. The zero-order valence-electron chi connectivity index (χ0n) is 14.2. The largest absolute Gasteiger partial charge is 0.483 e. The molecule has 0 spiro atoms. The van der Waals surface area contributed by atoms with E-state index in [0.717, 1.165) is 16.9 Å². The van der Waals surface area contributed by atoms with Gasteiger partial charge in [0.25, 0.3) is 6.47 Å². The third kappa shape index (κ3) is 4.37. The molecule has 0 aliphatic rings. The first-order valence-corrected chi connectivity index (χ1v) is 7.47. The number of carbonyl (C=O) groups is 1. The lowest BCUT2D eigenvalue weighted by Gasteiger charge is -2.10. The maximum Gasteiger partial charge on any atom is 0.348 e. The van der Waals surface area contributed by atoms with Crippen molar-refractivity contribution in [1.29, 1.82) is 0 Å². The molecule has 0 unspecified atom stereocenters. The minimum atomic E-state index is -0.250. The number of carboxylic acid groups (broad SMARTS) is 1. The first-order chi connectivity index (χ1) is 12.0. The molecule has 25 heavy (non-hydrogen) atoms. The third-order valence-corrected chi connectivity index (χ3v) is 3.45. The van der Waals surface area contributed by atoms with Crippen LogP contribution >= 0.6 is 0 Å². The zero-order chi connectivity index (χ0) is 18.4. The monoisotopic (exact) mass is 345 g/mol. The Morgan fingerprint density at radius 1 is 1.28 bits per heavy atom. The molecule has 2 N–H and O–H groups in total. The van der Waals surface area contributed by atoms with E-state index < -0.39 is 0 Å². The van der Waals surface area contributed by atoms with Crippen LogP contribution in [0.2, 0.25) is 0 Å². The molecule has 3 heterocycles. The molecule has 0 fully saturated rings. The number of hydrogen-bond donors (Lipinski definition) is 2. The number of anilines is 1. The molecule has 0 amide bonds. The molecule has 3 rings (SSSR count). The standard InChI is InChI=1S/C14H17N7O.CH2O2/c1-9-6-10(2)21(14(22)18-9)5-4-15-13-16-7-11-12(19-13)17-8-20(11)3;2-1-3/h6-8H,4-5H2,1-3H3,(H,15,16,19);1H,(H,2,3). The van der Waals surface area contributed by atoms with Gasteiger partial charge in [0, 0.05) is 31.5 Å². The highest BCUT2D eigenvalue weighted by molar-refractivity contribution is 5.70. The second kappa shape index (κ2) is 7.99. The summed E-state index contributed by atoms with van der Waals surface area (Å²) in [5.74, 6) is 0.497. The molecular weight excluding hydrogens is 326 g/mol. The van der Waals surface area contributed by atoms with E-state index >= 15 is 0 Å². The van der Waals surface area contributed by atoms with Crippen LogP contribution in [0.15, 0.2) is 23.4 Å². The van der Waals surface area contributed by atoms with Gasteiger partial charge < -0.3 is 15.0 Å². The predicted octanol–water partition coefficient (Wildman–Crippen LogP) is 0.350. The van der Waals surface area contributed by atoms with Gasteiger partial charge >= 0.3 is 5.69 Å². The quantitative estimate of drug-likeness (QED) is 0.648. The lowest BCUT2D eigenvalue weighted by Crippen LogP contribution is -2.28. The van der Waals surface area contributed by atoms with E-state index in [1.54, 1.807) is 17.1 Å². The fourth-order valence-corrected chi connectivity index (χ4v) is 2.33. The van der Waals surface area contributed by atoms with Gasteiger partial charge in [-0.05, 0) is 19.9 Å². The van der Waals surface area contributed by atoms with Crippen molar-refractivity contribution in [3.63, 3.8) is 0 Å². The van der Waals surface area contributed by atoms with Gasteiger partial charge in [0.05, 0.1) is 12.5 Å². The summed E-state index contributed by atoms with van der Waals surface area (Å²) >= 11 is 0. The molecule has 0 atom stereocenters. The summed E-state index contributed by atoms with van der Waals surface area (Å²) in [6.07, 6.45) is 3.42. The number of nitrogens with one attached hydrogen (secondary N) is 1. The Kier molecular flexibility index (Phi) is 5.77. The highest BCUT2D eigenvalue weighted by Gasteiger charge is 2.05. The fraction of sp³-hybridized carbons (Fsp3) is 0.333. The average Bonchev–Trinajstić information content (AvgIpc) is 2.91. The molecule has 10 heteroatoms. The molecule has 132 valence electrons. The van der Waals surface area contributed by atoms with Crippen molar-refractivity contribution >= 4 is 23.6 Å². The highest BCUT2D eigenvalue weighted by atomic mass is 16.3. The Hall–Kier alpha value is -3.30. The van der Waals surface area contributed by atoms with Crippen molar-refractivity contribution in [3.8, 4) is 0 Å². The van der Waals surface area contributed by atoms with Crippen LogP contribution < -0.4 is 11.0 Å². The summed E-state index contributed by atoms with van der Waals surface area (Å²) in [5, 5.41) is 9.99. The molecule has 0 saturated heterocycles. The molecule has 10 nitrogen and oxygen atoms in total. The van der Waals surface area contributed by atoms with E-state index in [9.17, 15) is 4.79 Å². The first kappa shape index (κ1) is 18.0. The molecule has 3 aromatic heterocycles. The van der Waals surface area contributed by atoms with Gasteiger partial charge in [0.2, 0.25) is 5.95 Å². The number of nitrogens with zero attached hydrogens (tertiary/aromatic N) is 6. The summed E-state index contributed by atoms with van der Waals surface area (Å²) in [6, 6.07) is 1.89. The van der Waals surface area contributed by atoms with Crippen molar-refractivity contribution < 1.29 is 9.90 Å². The van der Waals surface area contributed by atoms with Crippen LogP contribution in [0.3, 0.4) is 0 Å². The zero-order valence-corrected chi connectivity index (χ0v) is 14.2. The van der Waals surface area contributed by atoms with Crippen LogP contribution in [0, 0.1) is 13.8 Å². The summed E-state index contributed by atoms with van der Waals surface area (Å²) in [7, 11) is 1.89. The summed E-state index contributed by atoms with van der Waals surface area (Å²) in [4.78, 5) is 36.9. The number of rotatable bonds is 4. The lowest BCUT2D eigenvalue weighted by molar-refractivity contribution is -0.122. The van der Waals surface area contributed by atoms with E-state index in [-0.39, 0.29) is 12.2 Å². The average molecular weight is 345 g/mol. The van der Waals surface area contributed by atoms with E-state index in [2.05, 4.69) is 25.3 Å². The maximum absolute atomic E-state index is 11.9. The summed E-state index contributed by atoms with van der Waals surface area (Å²) < 4.78 is 3.49. The van der Waals surface area contributed by atoms with E-state index in [1.807, 2.05) is 31.5 Å². The molecule has 0 bridgehead atoms. The van der Waals surface area contributed by atoms with E-state index in [4.69, 9.17) is 9.90 Å². The predicted molar refractivity (Wildman–Crippen MR) is 91.5 cm³/mol. The molecular formula is C15H19N7O3. The molecule has 0 aliphatic carbocycles. The number of hydrogen-bond acceptors (Lipinski definition) is 7. The molecule has 0 aliphatic heterocycles. The van der Waals surface area contributed by atoms with Crippen LogP contribution in [0.4, 0.5) is 5.95 Å². The van der Waals surface area contributed by atoms with Gasteiger partial charge in [0.15, 0.2) is 5.65 Å². The fourth-order valence-electron chi connectivity index (χ4n) is 2.33. The van der Waals surface area contributed by atoms with Gasteiger partial charge in [-0.25, -0.2) is 14.8 Å². The van der Waals surface area contributed by atoms with Crippen LogP contribution in [-0.2, 0) is 18.4 Å². The van der Waals surface area contributed by atoms with E-state index in [0.29, 0.717) is 24.7 Å². The Morgan fingerprint density at radius 3 is 2.68 bits per heavy atom. The van der Waals surface area contributed by atoms with Crippen molar-refractivity contribution in [2.75, 3.05) is 11.9 Å². The number of fused-ring (bicyclic) bond motifs is 1. The summed E-state index contributed by atoms with van der Waals surface area (Å²) in [5.41, 5.74) is 2.90. The normalized spacial score (nSPS) is 10.2. The molecule has 0 radical (unpaired) electrons. The van der Waals surface area contributed by atoms with Crippen molar-refractivity contribution in [1.82, 2.24) is 29.1 Å². The number of aryl methyl sites for hydroxylation is 3. The van der Waals surface area contributed by atoms with Gasteiger partial charge in [-0.2, -0.15) is 9.97 Å². The topological polar surface area (TPSA) is 128 Å². The lowest BCUT2D eigenvalue weighted by atomic mass is 10.3. The van der Waals surface area contributed by atoms with Crippen LogP contribution in [0.5, 0.6) is 0 Å².